The van der Waals surface area contributed by atoms with Crippen LogP contribution in [0.2, 0.25) is 0 Å². The second-order valence-electron chi connectivity index (χ2n) is 4.61. The molecule has 2 rings (SSSR count). The Morgan fingerprint density at radius 2 is 2.04 bits per heavy atom. The Balaban J connectivity index is 2.32. The van der Waals surface area contributed by atoms with Crippen LogP contribution in [0.1, 0.15) is 24.6 Å². The maximum Gasteiger partial charge on any atom is 0.301 e. The predicted molar refractivity (Wildman–Crippen MR) is 89.1 cm³/mol. The third kappa shape index (κ3) is 4.10. The third-order valence-corrected chi connectivity index (χ3v) is 3.91. The minimum Gasteiger partial charge on any atom is -0.271 e. The number of thiophene rings is 1. The topological polar surface area (TPSA) is 111 Å². The van der Waals surface area contributed by atoms with Gasteiger partial charge >= 0.3 is 5.69 Å². The van der Waals surface area contributed by atoms with E-state index in [-0.39, 0.29) is 17.1 Å². The maximum atomic E-state index is 11.1. The second kappa shape index (κ2) is 7.45. The van der Waals surface area contributed by atoms with Crippen molar-refractivity contribution >= 4 is 34.1 Å². The molecule has 23 heavy (non-hydrogen) atoms. The van der Waals surface area contributed by atoms with Gasteiger partial charge in [-0.15, -0.1) is 11.3 Å². The lowest BCUT2D eigenvalue weighted by molar-refractivity contribution is -0.393. The first-order valence-electron chi connectivity index (χ1n) is 6.82. The van der Waals surface area contributed by atoms with Crippen LogP contribution in [0.5, 0.6) is 0 Å². The summed E-state index contributed by atoms with van der Waals surface area (Å²) in [5.41, 5.74) is 2.85. The van der Waals surface area contributed by atoms with E-state index < -0.39 is 9.85 Å². The molecule has 0 amide bonds. The van der Waals surface area contributed by atoms with Crippen molar-refractivity contribution in [2.24, 2.45) is 5.10 Å². The first-order valence-corrected chi connectivity index (χ1v) is 7.70. The number of nitrogens with one attached hydrogen (secondary N) is 1. The van der Waals surface area contributed by atoms with Gasteiger partial charge in [0.2, 0.25) is 0 Å². The van der Waals surface area contributed by atoms with Crippen molar-refractivity contribution < 1.29 is 9.85 Å². The molecule has 1 aromatic heterocycles. The summed E-state index contributed by atoms with van der Waals surface area (Å²) >= 11 is 1.53. The van der Waals surface area contributed by atoms with E-state index in [0.29, 0.717) is 6.42 Å². The van der Waals surface area contributed by atoms with Crippen molar-refractivity contribution in [3.63, 3.8) is 0 Å². The lowest BCUT2D eigenvalue weighted by Crippen LogP contribution is -2.04. The normalized spacial score (nSPS) is 11.3. The molecule has 0 bridgehead atoms. The highest BCUT2D eigenvalue weighted by Gasteiger charge is 2.19. The highest BCUT2D eigenvalue weighted by atomic mass is 32.1. The molecule has 0 aliphatic rings. The Hall–Kier alpha value is -2.81. The summed E-state index contributed by atoms with van der Waals surface area (Å²) in [6, 6.07) is 7.24. The fraction of sp³-hybridized carbons (Fsp3) is 0.214. The number of hydrogen-bond donors (Lipinski definition) is 1. The first kappa shape index (κ1) is 16.6. The Kier molecular flexibility index (Phi) is 5.36. The zero-order chi connectivity index (χ0) is 16.8. The zero-order valence-electron chi connectivity index (χ0n) is 12.3. The van der Waals surface area contributed by atoms with Crippen LogP contribution in [0.15, 0.2) is 40.8 Å². The lowest BCUT2D eigenvalue weighted by Gasteiger charge is -2.05. The number of nitrogens with zero attached hydrogens (tertiary/aromatic N) is 3. The van der Waals surface area contributed by atoms with Crippen molar-refractivity contribution in [3.8, 4) is 0 Å². The molecule has 9 heteroatoms. The van der Waals surface area contributed by atoms with E-state index in [1.165, 1.54) is 23.5 Å². The highest BCUT2D eigenvalue weighted by Crippen LogP contribution is 2.29. The van der Waals surface area contributed by atoms with Gasteiger partial charge in [0.1, 0.15) is 5.69 Å². The van der Waals surface area contributed by atoms with Gasteiger partial charge in [0.25, 0.3) is 5.69 Å². The van der Waals surface area contributed by atoms with Crippen LogP contribution in [0, 0.1) is 20.2 Å². The van der Waals surface area contributed by atoms with Crippen molar-refractivity contribution in [1.29, 1.82) is 0 Å². The lowest BCUT2D eigenvalue weighted by atomic mass is 10.2. The fourth-order valence-electron chi connectivity index (χ4n) is 1.92. The molecule has 8 nitrogen and oxygen atoms in total. The molecule has 0 aliphatic heterocycles. The maximum absolute atomic E-state index is 11.1. The van der Waals surface area contributed by atoms with E-state index in [2.05, 4.69) is 10.5 Å². The number of rotatable bonds is 7. The van der Waals surface area contributed by atoms with Gasteiger partial charge in [-0.2, -0.15) is 5.10 Å². The third-order valence-electron chi connectivity index (χ3n) is 2.99. The Labute approximate surface area is 135 Å². The van der Waals surface area contributed by atoms with E-state index in [4.69, 9.17) is 0 Å². The number of anilines is 1. The number of hydrazone groups is 1. The van der Waals surface area contributed by atoms with Crippen molar-refractivity contribution in [3.05, 3.63) is 60.8 Å². The highest BCUT2D eigenvalue weighted by molar-refractivity contribution is 7.12. The summed E-state index contributed by atoms with van der Waals surface area (Å²) in [6.45, 7) is 2.01. The monoisotopic (exact) mass is 334 g/mol. The largest absolute Gasteiger partial charge is 0.301 e. The molecule has 0 aliphatic carbocycles. The van der Waals surface area contributed by atoms with Crippen LogP contribution in [0.4, 0.5) is 17.1 Å². The smallest absolute Gasteiger partial charge is 0.271 e. The number of nitro groups is 2. The standard InChI is InChI=1S/C14H14N4O4S/c1-2-4-12(14-5-3-8-23-14)16-15-11-7-6-10(17(19)20)9-13(11)18(21)22/h3,5-9,15H,2,4H2,1H3/b16-12-. The molecule has 0 saturated carbocycles. The van der Waals surface area contributed by atoms with Crippen LogP contribution in [-0.2, 0) is 0 Å². The molecule has 0 fully saturated rings. The zero-order valence-corrected chi connectivity index (χ0v) is 13.1. The van der Waals surface area contributed by atoms with E-state index >= 15 is 0 Å². The predicted octanol–water partition coefficient (Wildman–Crippen LogP) is 4.18. The quantitative estimate of drug-likeness (QED) is 0.464. The molecule has 0 radical (unpaired) electrons. The van der Waals surface area contributed by atoms with Crippen molar-refractivity contribution in [2.45, 2.75) is 19.8 Å². The van der Waals surface area contributed by atoms with Gasteiger partial charge < -0.3 is 0 Å². The Morgan fingerprint density at radius 3 is 2.61 bits per heavy atom. The molecule has 0 unspecified atom stereocenters. The van der Waals surface area contributed by atoms with Gasteiger partial charge in [0.05, 0.1) is 26.5 Å². The molecule has 120 valence electrons. The van der Waals surface area contributed by atoms with Crippen LogP contribution >= 0.6 is 11.3 Å². The van der Waals surface area contributed by atoms with Gasteiger partial charge in [0, 0.05) is 6.07 Å². The van der Waals surface area contributed by atoms with Crippen LogP contribution in [0.3, 0.4) is 0 Å². The molecule has 2 aromatic rings. The molecule has 0 atom stereocenters. The average molecular weight is 334 g/mol. The summed E-state index contributed by atoms with van der Waals surface area (Å²) in [6.07, 6.45) is 1.59. The minimum absolute atomic E-state index is 0.116. The summed E-state index contributed by atoms with van der Waals surface area (Å²) in [7, 11) is 0. The SMILES string of the molecule is CCC/C(=N/Nc1ccc([N+](=O)[O-])cc1[N+](=O)[O-])c1cccs1. The van der Waals surface area contributed by atoms with E-state index in [1.807, 2.05) is 24.4 Å². The molecule has 0 saturated heterocycles. The molecule has 1 aromatic carbocycles. The summed E-state index contributed by atoms with van der Waals surface area (Å²) in [5, 5.41) is 28.0. The van der Waals surface area contributed by atoms with Gasteiger partial charge in [0.15, 0.2) is 0 Å². The Bertz CT molecular complexity index is 743. The van der Waals surface area contributed by atoms with Crippen molar-refractivity contribution in [2.75, 3.05) is 5.43 Å². The van der Waals surface area contributed by atoms with Crippen molar-refractivity contribution in [1.82, 2.24) is 0 Å². The van der Waals surface area contributed by atoms with E-state index in [0.717, 1.165) is 23.1 Å². The average Bonchev–Trinajstić information content (AvgIpc) is 3.05. The van der Waals surface area contributed by atoms with E-state index in [1.54, 1.807) is 0 Å². The molecule has 1 N–H and O–H groups in total. The van der Waals surface area contributed by atoms with Crippen LogP contribution in [0.25, 0.3) is 0 Å². The Morgan fingerprint density at radius 1 is 1.26 bits per heavy atom. The first-order chi connectivity index (χ1) is 11.0. The van der Waals surface area contributed by atoms with Gasteiger partial charge in [-0.3, -0.25) is 25.7 Å². The molecule has 1 heterocycles. The van der Waals surface area contributed by atoms with Gasteiger partial charge in [-0.25, -0.2) is 0 Å². The summed E-state index contributed by atoms with van der Waals surface area (Å²) < 4.78 is 0. The molecular weight excluding hydrogens is 320 g/mol. The number of non-ortho nitro benzene ring substituents is 1. The summed E-state index contributed by atoms with van der Waals surface area (Å²) in [5.74, 6) is 0. The van der Waals surface area contributed by atoms with Crippen LogP contribution in [-0.4, -0.2) is 15.6 Å². The van der Waals surface area contributed by atoms with E-state index in [9.17, 15) is 20.2 Å². The van der Waals surface area contributed by atoms with Gasteiger partial charge in [-0.05, 0) is 23.9 Å². The fourth-order valence-corrected chi connectivity index (χ4v) is 2.67. The van der Waals surface area contributed by atoms with Crippen LogP contribution < -0.4 is 5.43 Å². The van der Waals surface area contributed by atoms with Gasteiger partial charge in [-0.1, -0.05) is 19.4 Å². The molecule has 0 spiro atoms. The minimum atomic E-state index is -0.672. The second-order valence-corrected chi connectivity index (χ2v) is 5.56. The number of hydrogen-bond acceptors (Lipinski definition) is 7. The number of nitro benzene ring substituents is 2. The number of benzene rings is 1. The molecular formula is C14H14N4O4S. The summed E-state index contributed by atoms with van der Waals surface area (Å²) in [4.78, 5) is 21.5.